The SMILES string of the molecule is CC1(C)CCCCC2C(C=C(F)C2n2cnc3c(F)cnc(F)c32)O1. The summed E-state index contributed by atoms with van der Waals surface area (Å²) < 4.78 is 50.4. The predicted molar refractivity (Wildman–Crippen MR) is 86.6 cm³/mol. The van der Waals surface area contributed by atoms with E-state index in [4.69, 9.17) is 4.74 Å². The summed E-state index contributed by atoms with van der Waals surface area (Å²) in [6.07, 6.45) is 6.75. The van der Waals surface area contributed by atoms with Crippen molar-refractivity contribution in [2.45, 2.75) is 57.3 Å². The fourth-order valence-electron chi connectivity index (χ4n) is 4.09. The van der Waals surface area contributed by atoms with Gasteiger partial charge in [0, 0.05) is 5.92 Å². The highest BCUT2D eigenvalue weighted by Crippen LogP contribution is 2.45. The first-order valence-electron chi connectivity index (χ1n) is 8.59. The van der Waals surface area contributed by atoms with E-state index in [0.29, 0.717) is 0 Å². The van der Waals surface area contributed by atoms with E-state index in [2.05, 4.69) is 9.97 Å². The number of pyridine rings is 1. The lowest BCUT2D eigenvalue weighted by atomic mass is 9.88. The van der Waals surface area contributed by atoms with E-state index in [1.807, 2.05) is 13.8 Å². The Balaban J connectivity index is 1.78. The third kappa shape index (κ3) is 2.74. The third-order valence-electron chi connectivity index (χ3n) is 5.26. The van der Waals surface area contributed by atoms with Crippen molar-refractivity contribution in [1.29, 1.82) is 0 Å². The topological polar surface area (TPSA) is 39.9 Å². The van der Waals surface area contributed by atoms with Crippen molar-refractivity contribution < 1.29 is 17.9 Å². The van der Waals surface area contributed by atoms with Gasteiger partial charge in [0.05, 0.1) is 30.3 Å². The molecule has 3 unspecified atom stereocenters. The lowest BCUT2D eigenvalue weighted by molar-refractivity contribution is -0.0883. The zero-order valence-electron chi connectivity index (χ0n) is 14.2. The number of hydrogen-bond acceptors (Lipinski definition) is 3. The van der Waals surface area contributed by atoms with Crippen molar-refractivity contribution >= 4 is 11.0 Å². The maximum atomic E-state index is 14.8. The molecule has 4 rings (SSSR count). The Kier molecular flexibility index (Phi) is 3.86. The van der Waals surface area contributed by atoms with E-state index in [1.165, 1.54) is 17.0 Å². The second-order valence-electron chi connectivity index (χ2n) is 7.49. The van der Waals surface area contributed by atoms with Crippen molar-refractivity contribution in [1.82, 2.24) is 14.5 Å². The summed E-state index contributed by atoms with van der Waals surface area (Å²) in [7, 11) is 0. The van der Waals surface area contributed by atoms with Gasteiger partial charge in [-0.05, 0) is 32.8 Å². The molecule has 1 aliphatic carbocycles. The van der Waals surface area contributed by atoms with Gasteiger partial charge >= 0.3 is 0 Å². The average molecular weight is 351 g/mol. The maximum absolute atomic E-state index is 14.8. The number of rotatable bonds is 1. The summed E-state index contributed by atoms with van der Waals surface area (Å²) in [6, 6.07) is -0.748. The monoisotopic (exact) mass is 351 g/mol. The fraction of sp³-hybridized carbons (Fsp3) is 0.556. The van der Waals surface area contributed by atoms with Gasteiger partial charge in [-0.2, -0.15) is 4.39 Å². The number of hydrogen-bond donors (Lipinski definition) is 0. The normalized spacial score (nSPS) is 29.2. The molecule has 0 amide bonds. The summed E-state index contributed by atoms with van der Waals surface area (Å²) in [4.78, 5) is 7.36. The number of allylic oxidation sites excluding steroid dienone is 1. The average Bonchev–Trinajstić information content (AvgIpc) is 3.08. The van der Waals surface area contributed by atoms with Crippen molar-refractivity contribution in [3.8, 4) is 0 Å². The Labute approximate surface area is 143 Å². The summed E-state index contributed by atoms with van der Waals surface area (Å²) in [5.41, 5.74) is -0.573. The highest BCUT2D eigenvalue weighted by atomic mass is 19.1. The van der Waals surface area contributed by atoms with Gasteiger partial charge in [-0.1, -0.05) is 12.8 Å². The summed E-state index contributed by atoms with van der Waals surface area (Å²) in [5.74, 6) is -2.14. The van der Waals surface area contributed by atoms with Crippen LogP contribution in [0.15, 0.2) is 24.4 Å². The molecule has 0 saturated carbocycles. The third-order valence-corrected chi connectivity index (χ3v) is 5.26. The Morgan fingerprint density at radius 2 is 2.00 bits per heavy atom. The first-order valence-corrected chi connectivity index (χ1v) is 8.59. The minimum Gasteiger partial charge on any atom is -0.368 e. The molecule has 3 heterocycles. The van der Waals surface area contributed by atoms with Crippen LogP contribution in [0.1, 0.15) is 45.6 Å². The molecule has 134 valence electrons. The molecule has 25 heavy (non-hydrogen) atoms. The summed E-state index contributed by atoms with van der Waals surface area (Å²) in [6.45, 7) is 4.00. The van der Waals surface area contributed by atoms with E-state index in [-0.39, 0.29) is 28.7 Å². The van der Waals surface area contributed by atoms with Crippen LogP contribution in [-0.2, 0) is 4.74 Å². The number of nitrogens with zero attached hydrogens (tertiary/aromatic N) is 3. The molecule has 0 spiro atoms. The quantitative estimate of drug-likeness (QED) is 0.712. The maximum Gasteiger partial charge on any atom is 0.239 e. The highest BCUT2D eigenvalue weighted by Gasteiger charge is 2.43. The molecule has 0 aromatic carbocycles. The number of halogens is 3. The Morgan fingerprint density at radius 3 is 2.80 bits per heavy atom. The van der Waals surface area contributed by atoms with Crippen LogP contribution in [0.5, 0.6) is 0 Å². The van der Waals surface area contributed by atoms with Gasteiger partial charge in [-0.25, -0.2) is 18.7 Å². The molecular formula is C18H20F3N3O. The second-order valence-corrected chi connectivity index (χ2v) is 7.49. The van der Waals surface area contributed by atoms with Gasteiger partial charge in [0.15, 0.2) is 5.82 Å². The Bertz CT molecular complexity index is 845. The molecule has 2 aromatic heterocycles. The zero-order chi connectivity index (χ0) is 17.8. The van der Waals surface area contributed by atoms with E-state index in [9.17, 15) is 13.2 Å². The molecule has 1 fully saturated rings. The molecule has 0 bridgehead atoms. The van der Waals surface area contributed by atoms with Crippen molar-refractivity contribution in [2.24, 2.45) is 5.92 Å². The molecule has 3 atom stereocenters. The lowest BCUT2D eigenvalue weighted by Crippen LogP contribution is -2.36. The van der Waals surface area contributed by atoms with Gasteiger partial charge in [0.2, 0.25) is 5.95 Å². The van der Waals surface area contributed by atoms with Gasteiger partial charge in [-0.15, -0.1) is 0 Å². The zero-order valence-corrected chi connectivity index (χ0v) is 14.2. The van der Waals surface area contributed by atoms with E-state index in [1.54, 1.807) is 0 Å². The van der Waals surface area contributed by atoms with E-state index in [0.717, 1.165) is 31.9 Å². The first kappa shape index (κ1) is 16.6. The van der Waals surface area contributed by atoms with Crippen molar-refractivity contribution in [2.75, 3.05) is 0 Å². The van der Waals surface area contributed by atoms with E-state index >= 15 is 0 Å². The molecule has 2 aromatic rings. The van der Waals surface area contributed by atoms with Crippen LogP contribution in [-0.4, -0.2) is 26.2 Å². The van der Waals surface area contributed by atoms with Crippen LogP contribution in [0.4, 0.5) is 13.2 Å². The van der Waals surface area contributed by atoms with Crippen LogP contribution < -0.4 is 0 Å². The minimum absolute atomic E-state index is 0.101. The van der Waals surface area contributed by atoms with Gasteiger partial charge in [0.1, 0.15) is 16.9 Å². The molecule has 4 nitrogen and oxygen atoms in total. The van der Waals surface area contributed by atoms with Gasteiger partial charge in [0.25, 0.3) is 0 Å². The standard InChI is InChI=1S/C18H20F3N3O/c1-18(2)6-4-3-5-10-13(25-18)7-11(19)15(10)24-9-23-14-12(20)8-22-17(21)16(14)24/h7-10,13,15H,3-6H2,1-2H3. The molecular weight excluding hydrogens is 331 g/mol. The largest absolute Gasteiger partial charge is 0.368 e. The molecule has 0 N–H and O–H groups in total. The van der Waals surface area contributed by atoms with E-state index < -0.39 is 23.6 Å². The van der Waals surface area contributed by atoms with Crippen LogP contribution in [0, 0.1) is 17.7 Å². The van der Waals surface area contributed by atoms with Gasteiger partial charge < -0.3 is 9.30 Å². The number of ether oxygens (including phenoxy) is 1. The number of imidazole rings is 1. The molecule has 2 aliphatic rings. The minimum atomic E-state index is -0.850. The number of fused-ring (bicyclic) bond motifs is 2. The first-order chi connectivity index (χ1) is 11.9. The summed E-state index contributed by atoms with van der Waals surface area (Å²) in [5, 5.41) is 0. The highest BCUT2D eigenvalue weighted by molar-refractivity contribution is 5.75. The summed E-state index contributed by atoms with van der Waals surface area (Å²) >= 11 is 0. The molecule has 1 aliphatic heterocycles. The second kappa shape index (κ2) is 5.83. The van der Waals surface area contributed by atoms with Crippen LogP contribution in [0.2, 0.25) is 0 Å². The molecule has 1 saturated heterocycles. The lowest BCUT2D eigenvalue weighted by Gasteiger charge is -2.36. The molecule has 0 radical (unpaired) electrons. The Hall–Kier alpha value is -1.89. The van der Waals surface area contributed by atoms with Crippen LogP contribution in [0.3, 0.4) is 0 Å². The number of aromatic nitrogens is 3. The smallest absolute Gasteiger partial charge is 0.239 e. The Morgan fingerprint density at radius 1 is 1.20 bits per heavy atom. The van der Waals surface area contributed by atoms with Crippen molar-refractivity contribution in [3.05, 3.63) is 36.2 Å². The fourth-order valence-corrected chi connectivity index (χ4v) is 4.09. The molecule has 7 heteroatoms. The predicted octanol–water partition coefficient (Wildman–Crippen LogP) is 4.47. The van der Waals surface area contributed by atoms with Crippen LogP contribution in [0.25, 0.3) is 11.0 Å². The van der Waals surface area contributed by atoms with Crippen LogP contribution >= 0.6 is 0 Å². The van der Waals surface area contributed by atoms with Gasteiger partial charge in [-0.3, -0.25) is 0 Å². The van der Waals surface area contributed by atoms with Crippen molar-refractivity contribution in [3.63, 3.8) is 0 Å².